The SMILES string of the molecule is CC(CNC(=O)C(C)(C)Sc1ccc(Br)cc1)CC(=O)O. The van der Waals surface area contributed by atoms with E-state index < -0.39 is 10.7 Å². The van der Waals surface area contributed by atoms with Crippen LogP contribution < -0.4 is 5.32 Å². The summed E-state index contributed by atoms with van der Waals surface area (Å²) in [6.45, 7) is 5.90. The van der Waals surface area contributed by atoms with Gasteiger partial charge in [-0.1, -0.05) is 22.9 Å². The fraction of sp³-hybridized carbons (Fsp3) is 0.467. The van der Waals surface area contributed by atoms with Gasteiger partial charge in [-0.05, 0) is 44.0 Å². The molecule has 1 rings (SSSR count). The lowest BCUT2D eigenvalue weighted by Crippen LogP contribution is -2.41. The summed E-state index contributed by atoms with van der Waals surface area (Å²) in [6.07, 6.45) is 0.0561. The highest BCUT2D eigenvalue weighted by Crippen LogP contribution is 2.33. The predicted octanol–water partition coefficient (Wildman–Crippen LogP) is 3.55. The Hall–Kier alpha value is -1.01. The highest BCUT2D eigenvalue weighted by Gasteiger charge is 2.29. The first kappa shape index (κ1) is 18.0. The molecule has 6 heteroatoms. The first-order chi connectivity index (χ1) is 9.70. The average Bonchev–Trinajstić information content (AvgIpc) is 2.37. The van der Waals surface area contributed by atoms with Gasteiger partial charge in [0.05, 0.1) is 4.75 Å². The number of nitrogens with one attached hydrogen (secondary N) is 1. The maximum atomic E-state index is 12.2. The van der Waals surface area contributed by atoms with Gasteiger partial charge >= 0.3 is 5.97 Å². The molecule has 0 aliphatic carbocycles. The normalized spacial score (nSPS) is 12.8. The van der Waals surface area contributed by atoms with Crippen molar-refractivity contribution < 1.29 is 14.7 Å². The largest absolute Gasteiger partial charge is 0.481 e. The van der Waals surface area contributed by atoms with Gasteiger partial charge in [0.15, 0.2) is 0 Å². The van der Waals surface area contributed by atoms with Gasteiger partial charge in [0.25, 0.3) is 0 Å². The molecule has 0 bridgehead atoms. The third-order valence-electron chi connectivity index (χ3n) is 2.87. The van der Waals surface area contributed by atoms with Crippen LogP contribution in [-0.4, -0.2) is 28.3 Å². The molecule has 0 heterocycles. The number of rotatable bonds is 7. The quantitative estimate of drug-likeness (QED) is 0.717. The van der Waals surface area contributed by atoms with Gasteiger partial charge in [0, 0.05) is 22.3 Å². The second-order valence-corrected chi connectivity index (χ2v) is 8.09. The molecule has 0 fully saturated rings. The Morgan fingerprint density at radius 1 is 1.33 bits per heavy atom. The highest BCUT2D eigenvalue weighted by molar-refractivity contribution is 9.10. The molecule has 2 N–H and O–H groups in total. The standard InChI is InChI=1S/C15H20BrNO3S/c1-10(8-13(18)19)9-17-14(20)15(2,3)21-12-6-4-11(16)5-7-12/h4-7,10H,8-9H2,1-3H3,(H,17,20)(H,18,19). The number of hydrogen-bond donors (Lipinski definition) is 2. The van der Waals surface area contributed by atoms with Crippen molar-refractivity contribution in [2.45, 2.75) is 36.8 Å². The van der Waals surface area contributed by atoms with Crippen molar-refractivity contribution in [3.63, 3.8) is 0 Å². The molecule has 0 aromatic heterocycles. The number of carbonyl (C=O) groups is 2. The van der Waals surface area contributed by atoms with E-state index in [-0.39, 0.29) is 18.2 Å². The van der Waals surface area contributed by atoms with Crippen molar-refractivity contribution in [2.24, 2.45) is 5.92 Å². The summed E-state index contributed by atoms with van der Waals surface area (Å²) in [4.78, 5) is 23.8. The van der Waals surface area contributed by atoms with Crippen LogP contribution in [0.15, 0.2) is 33.6 Å². The summed E-state index contributed by atoms with van der Waals surface area (Å²) in [5.74, 6) is -1.02. The zero-order chi connectivity index (χ0) is 16.0. The van der Waals surface area contributed by atoms with Crippen LogP contribution in [0.3, 0.4) is 0 Å². The predicted molar refractivity (Wildman–Crippen MR) is 88.5 cm³/mol. The number of halogens is 1. The molecule has 0 saturated heterocycles. The maximum Gasteiger partial charge on any atom is 0.303 e. The maximum absolute atomic E-state index is 12.2. The number of carboxylic acids is 1. The molecule has 1 amide bonds. The lowest BCUT2D eigenvalue weighted by molar-refractivity contribution is -0.138. The summed E-state index contributed by atoms with van der Waals surface area (Å²) >= 11 is 4.86. The minimum Gasteiger partial charge on any atom is -0.481 e. The third-order valence-corrected chi connectivity index (χ3v) is 4.60. The van der Waals surface area contributed by atoms with E-state index in [0.717, 1.165) is 9.37 Å². The molecule has 116 valence electrons. The molecule has 0 spiro atoms. The van der Waals surface area contributed by atoms with Crippen LogP contribution in [0.4, 0.5) is 0 Å². The fourth-order valence-electron chi connectivity index (χ4n) is 1.69. The van der Waals surface area contributed by atoms with Crippen molar-refractivity contribution in [3.8, 4) is 0 Å². The second-order valence-electron chi connectivity index (χ2n) is 5.48. The van der Waals surface area contributed by atoms with E-state index in [4.69, 9.17) is 5.11 Å². The molecular formula is C15H20BrNO3S. The van der Waals surface area contributed by atoms with E-state index in [9.17, 15) is 9.59 Å². The number of amides is 1. The molecule has 1 aromatic carbocycles. The van der Waals surface area contributed by atoms with Crippen LogP contribution in [0, 0.1) is 5.92 Å². The van der Waals surface area contributed by atoms with Gasteiger partial charge in [-0.2, -0.15) is 0 Å². The Morgan fingerprint density at radius 3 is 2.43 bits per heavy atom. The average molecular weight is 374 g/mol. The molecule has 0 radical (unpaired) electrons. The summed E-state index contributed by atoms with van der Waals surface area (Å²) in [6, 6.07) is 7.78. The molecule has 21 heavy (non-hydrogen) atoms. The van der Waals surface area contributed by atoms with E-state index in [1.807, 2.05) is 45.0 Å². The minimum absolute atomic E-state index is 0.0561. The lowest BCUT2D eigenvalue weighted by Gasteiger charge is -2.24. The lowest BCUT2D eigenvalue weighted by atomic mass is 10.1. The van der Waals surface area contributed by atoms with Crippen LogP contribution in [-0.2, 0) is 9.59 Å². The zero-order valence-electron chi connectivity index (χ0n) is 12.4. The highest BCUT2D eigenvalue weighted by atomic mass is 79.9. The fourth-order valence-corrected chi connectivity index (χ4v) is 2.98. The van der Waals surface area contributed by atoms with Gasteiger partial charge in [-0.25, -0.2) is 0 Å². The first-order valence-electron chi connectivity index (χ1n) is 6.65. The zero-order valence-corrected chi connectivity index (χ0v) is 14.8. The van der Waals surface area contributed by atoms with Crippen molar-refractivity contribution in [3.05, 3.63) is 28.7 Å². The number of thioether (sulfide) groups is 1. The molecule has 0 saturated carbocycles. The number of carbonyl (C=O) groups excluding carboxylic acids is 1. The van der Waals surface area contributed by atoms with Crippen LogP contribution in [0.1, 0.15) is 27.2 Å². The molecular weight excluding hydrogens is 354 g/mol. The number of benzene rings is 1. The molecule has 1 unspecified atom stereocenters. The van der Waals surface area contributed by atoms with Gasteiger partial charge < -0.3 is 10.4 Å². The number of carboxylic acid groups (broad SMARTS) is 1. The van der Waals surface area contributed by atoms with Crippen molar-refractivity contribution in [2.75, 3.05) is 6.54 Å². The smallest absolute Gasteiger partial charge is 0.303 e. The number of aliphatic carboxylic acids is 1. The van der Waals surface area contributed by atoms with E-state index >= 15 is 0 Å². The molecule has 0 aliphatic rings. The van der Waals surface area contributed by atoms with Crippen LogP contribution in [0.25, 0.3) is 0 Å². The van der Waals surface area contributed by atoms with Gasteiger partial charge in [-0.15, -0.1) is 11.8 Å². The first-order valence-corrected chi connectivity index (χ1v) is 8.26. The Kier molecular flexibility index (Phi) is 6.74. The molecule has 1 atom stereocenters. The van der Waals surface area contributed by atoms with E-state index in [2.05, 4.69) is 21.2 Å². The number of hydrogen-bond acceptors (Lipinski definition) is 3. The topological polar surface area (TPSA) is 66.4 Å². The molecule has 4 nitrogen and oxygen atoms in total. The Labute approximate surface area is 137 Å². The van der Waals surface area contributed by atoms with Gasteiger partial charge in [0.1, 0.15) is 0 Å². The summed E-state index contributed by atoms with van der Waals surface area (Å²) in [5.41, 5.74) is 0. The monoisotopic (exact) mass is 373 g/mol. The Bertz CT molecular complexity index is 502. The Morgan fingerprint density at radius 2 is 1.90 bits per heavy atom. The second kappa shape index (κ2) is 7.84. The van der Waals surface area contributed by atoms with Gasteiger partial charge in [-0.3, -0.25) is 9.59 Å². The summed E-state index contributed by atoms with van der Waals surface area (Å²) < 4.78 is 0.383. The van der Waals surface area contributed by atoms with Crippen LogP contribution in [0.5, 0.6) is 0 Å². The molecule has 0 aliphatic heterocycles. The molecule has 1 aromatic rings. The summed E-state index contributed by atoms with van der Waals surface area (Å²) in [5, 5.41) is 11.5. The minimum atomic E-state index is -0.847. The summed E-state index contributed by atoms with van der Waals surface area (Å²) in [7, 11) is 0. The van der Waals surface area contributed by atoms with E-state index in [0.29, 0.717) is 6.54 Å². The van der Waals surface area contributed by atoms with Crippen molar-refractivity contribution >= 4 is 39.6 Å². The van der Waals surface area contributed by atoms with Crippen molar-refractivity contribution in [1.82, 2.24) is 5.32 Å². The van der Waals surface area contributed by atoms with Crippen molar-refractivity contribution in [1.29, 1.82) is 0 Å². The van der Waals surface area contributed by atoms with E-state index in [1.165, 1.54) is 11.8 Å². The van der Waals surface area contributed by atoms with E-state index in [1.54, 1.807) is 0 Å². The Balaban J connectivity index is 2.54. The van der Waals surface area contributed by atoms with Crippen LogP contribution in [0.2, 0.25) is 0 Å². The van der Waals surface area contributed by atoms with Crippen LogP contribution >= 0.6 is 27.7 Å². The third kappa shape index (κ3) is 6.52. The van der Waals surface area contributed by atoms with Gasteiger partial charge in [0.2, 0.25) is 5.91 Å².